The Morgan fingerprint density at radius 2 is 2.27 bits per heavy atom. The van der Waals surface area contributed by atoms with E-state index in [9.17, 15) is 18.0 Å². The number of alkyl halides is 3. The Labute approximate surface area is 131 Å². The van der Waals surface area contributed by atoms with Gasteiger partial charge in [-0.2, -0.15) is 13.2 Å². The van der Waals surface area contributed by atoms with Crippen LogP contribution in [0.15, 0.2) is 5.38 Å². The molecule has 1 aliphatic rings. The fourth-order valence-electron chi connectivity index (χ4n) is 2.63. The maximum atomic E-state index is 12.4. The molecule has 1 aliphatic heterocycles. The molecular weight excluding hydrogens is 315 g/mol. The van der Waals surface area contributed by atoms with Crippen molar-refractivity contribution in [1.29, 1.82) is 0 Å². The predicted molar refractivity (Wildman–Crippen MR) is 78.7 cm³/mol. The fourth-order valence-corrected chi connectivity index (χ4v) is 3.44. The summed E-state index contributed by atoms with van der Waals surface area (Å²) in [5.74, 6) is -0.0332. The summed E-state index contributed by atoms with van der Waals surface area (Å²) in [5, 5.41) is 4.22. The smallest absolute Gasteiger partial charge is 0.354 e. The molecule has 1 atom stereocenters. The van der Waals surface area contributed by atoms with Crippen molar-refractivity contribution in [2.45, 2.75) is 44.8 Å². The van der Waals surface area contributed by atoms with Gasteiger partial charge in [-0.15, -0.1) is 11.3 Å². The van der Waals surface area contributed by atoms with Gasteiger partial charge in [0.25, 0.3) is 0 Å². The number of halogens is 3. The Hall–Kier alpha value is -1.15. The summed E-state index contributed by atoms with van der Waals surface area (Å²) in [6.07, 6.45) is -1.09. The number of rotatable bonds is 5. The number of carbonyl (C=O) groups excluding carboxylic acids is 1. The number of nitrogens with zero attached hydrogens (tertiary/aromatic N) is 2. The van der Waals surface area contributed by atoms with Crippen molar-refractivity contribution in [3.63, 3.8) is 0 Å². The fraction of sp³-hybridized carbons (Fsp3) is 0.714. The van der Waals surface area contributed by atoms with E-state index < -0.39 is 11.9 Å². The highest BCUT2D eigenvalue weighted by Crippen LogP contribution is 2.30. The van der Waals surface area contributed by atoms with Gasteiger partial charge >= 0.3 is 6.18 Å². The number of carbonyl (C=O) groups is 1. The van der Waals surface area contributed by atoms with Gasteiger partial charge in [0.15, 0.2) is 5.69 Å². The zero-order valence-corrected chi connectivity index (χ0v) is 13.3. The standard InChI is InChI=1S/C14H20F3N3OS/c1-2-20-8-4-3-5-10(20)13(21)18-7-6-12-19-11(9-22-12)14(15,16)17/h9-10H,2-8H2,1H3,(H,18,21)/t10-/m1/s1. The highest BCUT2D eigenvalue weighted by atomic mass is 32.1. The molecule has 0 spiro atoms. The molecule has 0 bridgehead atoms. The van der Waals surface area contributed by atoms with Crippen LogP contribution in [0.25, 0.3) is 0 Å². The van der Waals surface area contributed by atoms with E-state index in [1.165, 1.54) is 0 Å². The average molecular weight is 335 g/mol. The van der Waals surface area contributed by atoms with Gasteiger partial charge in [0.1, 0.15) is 0 Å². The number of hydrogen-bond donors (Lipinski definition) is 1. The van der Waals surface area contributed by atoms with E-state index in [-0.39, 0.29) is 11.9 Å². The SMILES string of the molecule is CCN1CCCC[C@@H]1C(=O)NCCc1nc(C(F)(F)F)cs1. The van der Waals surface area contributed by atoms with Crippen LogP contribution in [0.2, 0.25) is 0 Å². The van der Waals surface area contributed by atoms with E-state index in [1.54, 1.807) is 0 Å². The van der Waals surface area contributed by atoms with E-state index in [2.05, 4.69) is 15.2 Å². The minimum absolute atomic E-state index is 0.0332. The summed E-state index contributed by atoms with van der Waals surface area (Å²) in [6.45, 7) is 4.10. The van der Waals surface area contributed by atoms with Gasteiger partial charge in [0.05, 0.1) is 11.0 Å². The van der Waals surface area contributed by atoms with Crippen molar-refractivity contribution in [2.75, 3.05) is 19.6 Å². The van der Waals surface area contributed by atoms with Gasteiger partial charge in [-0.25, -0.2) is 4.98 Å². The van der Waals surface area contributed by atoms with Crippen LogP contribution in [-0.2, 0) is 17.4 Å². The molecule has 1 N–H and O–H groups in total. The topological polar surface area (TPSA) is 45.2 Å². The highest BCUT2D eigenvalue weighted by molar-refractivity contribution is 7.09. The van der Waals surface area contributed by atoms with Crippen LogP contribution >= 0.6 is 11.3 Å². The summed E-state index contributed by atoms with van der Waals surface area (Å²) < 4.78 is 37.3. The Morgan fingerprint density at radius 3 is 2.91 bits per heavy atom. The van der Waals surface area contributed by atoms with Crippen LogP contribution in [0.3, 0.4) is 0 Å². The number of hydrogen-bond acceptors (Lipinski definition) is 4. The molecule has 2 heterocycles. The molecule has 0 aliphatic carbocycles. The first-order valence-corrected chi connectivity index (χ1v) is 8.33. The van der Waals surface area contributed by atoms with Crippen molar-refractivity contribution in [3.8, 4) is 0 Å². The second kappa shape index (κ2) is 7.41. The third-order valence-electron chi connectivity index (χ3n) is 3.80. The molecule has 1 saturated heterocycles. The zero-order chi connectivity index (χ0) is 16.2. The molecule has 1 aromatic rings. The van der Waals surface area contributed by atoms with Gasteiger partial charge in [0, 0.05) is 18.3 Å². The Bertz CT molecular complexity index is 504. The van der Waals surface area contributed by atoms with Crippen LogP contribution in [-0.4, -0.2) is 41.5 Å². The van der Waals surface area contributed by atoms with Crippen LogP contribution in [0.4, 0.5) is 13.2 Å². The third kappa shape index (κ3) is 4.42. The average Bonchev–Trinajstić information content (AvgIpc) is 2.96. The van der Waals surface area contributed by atoms with Gasteiger partial charge in [-0.1, -0.05) is 13.3 Å². The molecule has 0 unspecified atom stereocenters. The largest absolute Gasteiger partial charge is 0.434 e. The van der Waals surface area contributed by atoms with E-state index in [4.69, 9.17) is 0 Å². The van der Waals surface area contributed by atoms with Gasteiger partial charge in [-0.3, -0.25) is 9.69 Å². The summed E-state index contributed by atoms with van der Waals surface area (Å²) in [5.41, 5.74) is -0.858. The van der Waals surface area contributed by atoms with E-state index in [0.29, 0.717) is 18.0 Å². The number of nitrogens with one attached hydrogen (secondary N) is 1. The quantitative estimate of drug-likeness (QED) is 0.900. The van der Waals surface area contributed by atoms with Crippen LogP contribution < -0.4 is 5.32 Å². The molecule has 4 nitrogen and oxygen atoms in total. The molecule has 22 heavy (non-hydrogen) atoms. The molecule has 0 radical (unpaired) electrons. The summed E-state index contributed by atoms with van der Waals surface area (Å²) in [6, 6.07) is -0.110. The van der Waals surface area contributed by atoms with Crippen molar-refractivity contribution in [3.05, 3.63) is 16.1 Å². The number of amides is 1. The van der Waals surface area contributed by atoms with Gasteiger partial charge < -0.3 is 5.32 Å². The van der Waals surface area contributed by atoms with Gasteiger partial charge in [-0.05, 0) is 25.9 Å². The molecule has 1 aromatic heterocycles. The molecule has 1 fully saturated rings. The number of likely N-dealkylation sites (N-methyl/N-ethyl adjacent to an activating group) is 1. The van der Waals surface area contributed by atoms with E-state index in [1.807, 2.05) is 6.92 Å². The first-order chi connectivity index (χ1) is 10.4. The lowest BCUT2D eigenvalue weighted by Crippen LogP contribution is -2.49. The lowest BCUT2D eigenvalue weighted by atomic mass is 10.0. The third-order valence-corrected chi connectivity index (χ3v) is 4.71. The molecular formula is C14H20F3N3OS. The maximum Gasteiger partial charge on any atom is 0.434 e. The lowest BCUT2D eigenvalue weighted by molar-refractivity contribution is -0.140. The van der Waals surface area contributed by atoms with Crippen LogP contribution in [0.5, 0.6) is 0 Å². The zero-order valence-electron chi connectivity index (χ0n) is 12.4. The first kappa shape index (κ1) is 17.2. The molecule has 8 heteroatoms. The molecule has 1 amide bonds. The predicted octanol–water partition coefficient (Wildman–Crippen LogP) is 2.70. The van der Waals surface area contributed by atoms with Crippen molar-refractivity contribution >= 4 is 17.2 Å². The molecule has 124 valence electrons. The minimum Gasteiger partial charge on any atom is -0.354 e. The lowest BCUT2D eigenvalue weighted by Gasteiger charge is -2.33. The monoisotopic (exact) mass is 335 g/mol. The van der Waals surface area contributed by atoms with E-state index in [0.717, 1.165) is 49.1 Å². The highest BCUT2D eigenvalue weighted by Gasteiger charge is 2.33. The van der Waals surface area contributed by atoms with Crippen LogP contribution in [0.1, 0.15) is 36.9 Å². The second-order valence-electron chi connectivity index (χ2n) is 5.31. The number of likely N-dealkylation sites (tertiary alicyclic amines) is 1. The Morgan fingerprint density at radius 1 is 1.50 bits per heavy atom. The van der Waals surface area contributed by atoms with Crippen molar-refractivity contribution in [1.82, 2.24) is 15.2 Å². The maximum absolute atomic E-state index is 12.4. The second-order valence-corrected chi connectivity index (χ2v) is 6.25. The number of aromatic nitrogens is 1. The summed E-state index contributed by atoms with van der Waals surface area (Å²) in [4.78, 5) is 17.9. The summed E-state index contributed by atoms with van der Waals surface area (Å²) >= 11 is 0.976. The Balaban J connectivity index is 1.80. The van der Waals surface area contributed by atoms with Crippen molar-refractivity contribution in [2.24, 2.45) is 0 Å². The number of thiazole rings is 1. The van der Waals surface area contributed by atoms with E-state index >= 15 is 0 Å². The summed E-state index contributed by atoms with van der Waals surface area (Å²) in [7, 11) is 0. The Kier molecular flexibility index (Phi) is 5.80. The molecule has 2 rings (SSSR count). The van der Waals surface area contributed by atoms with Gasteiger partial charge in [0.2, 0.25) is 5.91 Å². The normalized spacial score (nSPS) is 20.1. The molecule has 0 aromatic carbocycles. The molecule has 0 saturated carbocycles. The minimum atomic E-state index is -4.40. The first-order valence-electron chi connectivity index (χ1n) is 7.45. The number of piperidine rings is 1. The van der Waals surface area contributed by atoms with Crippen LogP contribution in [0, 0.1) is 0 Å². The van der Waals surface area contributed by atoms with Crippen molar-refractivity contribution < 1.29 is 18.0 Å².